The minimum atomic E-state index is -1.04. The lowest BCUT2D eigenvalue weighted by Gasteiger charge is -2.35. The average Bonchev–Trinajstić information content (AvgIpc) is 2.36. The maximum absolute atomic E-state index is 12.4. The highest BCUT2D eigenvalue weighted by atomic mass is 32.2. The second-order valence-electron chi connectivity index (χ2n) is 5.63. The van der Waals surface area contributed by atoms with E-state index in [1.165, 1.54) is 0 Å². The van der Waals surface area contributed by atoms with Crippen LogP contribution in [0.15, 0.2) is 0 Å². The number of nitrogens with one attached hydrogen (secondary N) is 1. The lowest BCUT2D eigenvalue weighted by Crippen LogP contribution is -2.58. The summed E-state index contributed by atoms with van der Waals surface area (Å²) in [7, 11) is 0. The quantitative estimate of drug-likeness (QED) is 0.788. The molecular weight excluding hydrogens is 262 g/mol. The maximum Gasteiger partial charge on any atom is 0.329 e. The van der Waals surface area contributed by atoms with Crippen LogP contribution in [0.5, 0.6) is 0 Å². The highest BCUT2D eigenvalue weighted by molar-refractivity contribution is 7.99. The molecule has 1 aliphatic rings. The van der Waals surface area contributed by atoms with Crippen LogP contribution in [-0.4, -0.2) is 34.0 Å². The summed E-state index contributed by atoms with van der Waals surface area (Å²) in [5.74, 6) is 0.769. The number of carbonyl (C=O) groups excluding carboxylic acids is 1. The number of thioether (sulfide) groups is 1. The molecule has 5 heteroatoms. The number of aliphatic carboxylic acids is 1. The smallest absolute Gasteiger partial charge is 0.329 e. The lowest BCUT2D eigenvalue weighted by atomic mass is 9.87. The number of carbonyl (C=O) groups is 2. The van der Waals surface area contributed by atoms with Crippen molar-refractivity contribution in [2.75, 3.05) is 11.5 Å². The van der Waals surface area contributed by atoms with Gasteiger partial charge in [-0.25, -0.2) is 4.79 Å². The van der Waals surface area contributed by atoms with E-state index in [-0.39, 0.29) is 17.7 Å². The number of hydrogen-bond acceptors (Lipinski definition) is 3. The van der Waals surface area contributed by atoms with Gasteiger partial charge in [0.2, 0.25) is 5.91 Å². The fourth-order valence-corrected chi connectivity index (χ4v) is 3.71. The van der Waals surface area contributed by atoms with Gasteiger partial charge in [-0.1, -0.05) is 27.2 Å². The average molecular weight is 287 g/mol. The zero-order chi connectivity index (χ0) is 14.5. The van der Waals surface area contributed by atoms with E-state index >= 15 is 0 Å². The predicted molar refractivity (Wildman–Crippen MR) is 78.3 cm³/mol. The van der Waals surface area contributed by atoms with Crippen LogP contribution < -0.4 is 5.32 Å². The fraction of sp³-hybridized carbons (Fsp3) is 0.857. The normalized spacial score (nSPS) is 20.0. The van der Waals surface area contributed by atoms with Crippen LogP contribution in [0.4, 0.5) is 0 Å². The molecule has 1 unspecified atom stereocenters. The molecule has 2 N–H and O–H groups in total. The van der Waals surface area contributed by atoms with Gasteiger partial charge in [0.25, 0.3) is 0 Å². The first-order valence-corrected chi connectivity index (χ1v) is 8.21. The Labute approximate surface area is 119 Å². The largest absolute Gasteiger partial charge is 0.480 e. The number of carboxylic acid groups (broad SMARTS) is 1. The molecule has 19 heavy (non-hydrogen) atoms. The van der Waals surface area contributed by atoms with Gasteiger partial charge in [-0.15, -0.1) is 0 Å². The molecule has 1 aliphatic heterocycles. The molecule has 1 heterocycles. The molecular formula is C14H25NO3S. The van der Waals surface area contributed by atoms with Crippen LogP contribution in [0.1, 0.15) is 46.5 Å². The van der Waals surface area contributed by atoms with Crippen LogP contribution in [0, 0.1) is 11.8 Å². The second kappa shape index (κ2) is 7.17. The van der Waals surface area contributed by atoms with E-state index in [1.807, 2.05) is 20.8 Å². The van der Waals surface area contributed by atoms with Crippen molar-refractivity contribution in [1.29, 1.82) is 0 Å². The molecule has 4 nitrogen and oxygen atoms in total. The summed E-state index contributed by atoms with van der Waals surface area (Å²) < 4.78 is 0. The molecule has 0 saturated carbocycles. The molecule has 110 valence electrons. The van der Waals surface area contributed by atoms with E-state index in [0.29, 0.717) is 12.8 Å². The predicted octanol–water partition coefficient (Wildman–Crippen LogP) is 2.53. The van der Waals surface area contributed by atoms with Gasteiger partial charge in [0.05, 0.1) is 0 Å². The molecule has 0 aromatic rings. The van der Waals surface area contributed by atoms with Crippen molar-refractivity contribution in [3.05, 3.63) is 0 Å². The SMILES string of the molecule is CCCC(C(=O)NC1(C(=O)O)CCSCC1)C(C)C. The van der Waals surface area contributed by atoms with E-state index in [9.17, 15) is 14.7 Å². The summed E-state index contributed by atoms with van der Waals surface area (Å²) >= 11 is 1.75. The molecule has 1 amide bonds. The third-order valence-corrected chi connectivity index (χ3v) is 4.84. The Balaban J connectivity index is 2.78. The molecule has 1 saturated heterocycles. The second-order valence-corrected chi connectivity index (χ2v) is 6.85. The topological polar surface area (TPSA) is 66.4 Å². The summed E-state index contributed by atoms with van der Waals surface area (Å²) in [5.41, 5.74) is -1.04. The van der Waals surface area contributed by atoms with Gasteiger partial charge in [0, 0.05) is 5.92 Å². The molecule has 0 aromatic carbocycles. The van der Waals surface area contributed by atoms with Gasteiger partial charge < -0.3 is 10.4 Å². The van der Waals surface area contributed by atoms with Crippen LogP contribution in [0.3, 0.4) is 0 Å². The van der Waals surface area contributed by atoms with Gasteiger partial charge in [-0.2, -0.15) is 11.8 Å². The van der Waals surface area contributed by atoms with Gasteiger partial charge in [-0.05, 0) is 36.7 Å². The maximum atomic E-state index is 12.4. The Morgan fingerprint density at radius 2 is 1.89 bits per heavy atom. The molecule has 1 rings (SSSR count). The van der Waals surface area contributed by atoms with E-state index in [4.69, 9.17) is 0 Å². The zero-order valence-electron chi connectivity index (χ0n) is 12.1. The molecule has 0 spiro atoms. The van der Waals surface area contributed by atoms with Crippen molar-refractivity contribution in [3.8, 4) is 0 Å². The Morgan fingerprint density at radius 1 is 1.32 bits per heavy atom. The number of amides is 1. The van der Waals surface area contributed by atoms with Gasteiger partial charge in [0.1, 0.15) is 5.54 Å². The third-order valence-electron chi connectivity index (χ3n) is 3.86. The lowest BCUT2D eigenvalue weighted by molar-refractivity contribution is -0.149. The number of carboxylic acids is 1. The van der Waals surface area contributed by atoms with Crippen molar-refractivity contribution in [2.45, 2.75) is 52.0 Å². The van der Waals surface area contributed by atoms with Crippen molar-refractivity contribution in [3.63, 3.8) is 0 Å². The fourth-order valence-electron chi connectivity index (χ4n) is 2.52. The zero-order valence-corrected chi connectivity index (χ0v) is 12.9. The molecule has 0 radical (unpaired) electrons. The Morgan fingerprint density at radius 3 is 2.32 bits per heavy atom. The summed E-state index contributed by atoms with van der Waals surface area (Å²) in [4.78, 5) is 23.9. The van der Waals surface area contributed by atoms with Crippen LogP contribution >= 0.6 is 11.8 Å². The molecule has 0 bridgehead atoms. The number of rotatable bonds is 6. The van der Waals surface area contributed by atoms with Gasteiger partial charge in [-0.3, -0.25) is 4.79 Å². The van der Waals surface area contributed by atoms with Gasteiger partial charge in [0.15, 0.2) is 0 Å². The van der Waals surface area contributed by atoms with Crippen LogP contribution in [0.25, 0.3) is 0 Å². The minimum absolute atomic E-state index is 0.0872. The Kier molecular flexibility index (Phi) is 6.17. The van der Waals surface area contributed by atoms with Crippen molar-refractivity contribution in [1.82, 2.24) is 5.32 Å². The van der Waals surface area contributed by atoms with E-state index in [2.05, 4.69) is 5.32 Å². The Hall–Kier alpha value is -0.710. The minimum Gasteiger partial charge on any atom is -0.480 e. The van der Waals surface area contributed by atoms with Gasteiger partial charge >= 0.3 is 5.97 Å². The molecule has 1 atom stereocenters. The third kappa shape index (κ3) is 4.13. The monoisotopic (exact) mass is 287 g/mol. The summed E-state index contributed by atoms with van der Waals surface area (Å²) in [6.45, 7) is 6.08. The van der Waals surface area contributed by atoms with Crippen LogP contribution in [-0.2, 0) is 9.59 Å². The standard InChI is InChI=1S/C14H25NO3S/c1-4-5-11(10(2)3)12(16)15-14(13(17)18)6-8-19-9-7-14/h10-11H,4-9H2,1-3H3,(H,15,16)(H,17,18). The highest BCUT2D eigenvalue weighted by Crippen LogP contribution is 2.29. The number of hydrogen-bond donors (Lipinski definition) is 2. The molecule has 0 aromatic heterocycles. The summed E-state index contributed by atoms with van der Waals surface area (Å²) in [6, 6.07) is 0. The van der Waals surface area contributed by atoms with E-state index < -0.39 is 11.5 Å². The first-order chi connectivity index (χ1) is 8.93. The van der Waals surface area contributed by atoms with E-state index in [0.717, 1.165) is 24.3 Å². The molecule has 0 aliphatic carbocycles. The summed E-state index contributed by atoms with van der Waals surface area (Å²) in [6.07, 6.45) is 2.80. The highest BCUT2D eigenvalue weighted by Gasteiger charge is 2.42. The first-order valence-electron chi connectivity index (χ1n) is 7.06. The van der Waals surface area contributed by atoms with Crippen molar-refractivity contribution < 1.29 is 14.7 Å². The van der Waals surface area contributed by atoms with Crippen molar-refractivity contribution >= 4 is 23.6 Å². The first kappa shape index (κ1) is 16.3. The van der Waals surface area contributed by atoms with Crippen LogP contribution in [0.2, 0.25) is 0 Å². The van der Waals surface area contributed by atoms with Crippen molar-refractivity contribution in [2.24, 2.45) is 11.8 Å². The van der Waals surface area contributed by atoms with E-state index in [1.54, 1.807) is 11.8 Å². The Bertz CT molecular complexity index is 325. The molecule has 1 fully saturated rings. The summed E-state index contributed by atoms with van der Waals surface area (Å²) in [5, 5.41) is 12.3.